The SMILES string of the molecule is CNc1nc(COCC(F)(F)C(F)F)nc(C)c1C(C)C. The van der Waals surface area contributed by atoms with E-state index in [9.17, 15) is 17.6 Å². The predicted octanol–water partition coefficient (Wildman–Crippen LogP) is 3.37. The average Bonchev–Trinajstić information content (AvgIpc) is 2.36. The van der Waals surface area contributed by atoms with Gasteiger partial charge >= 0.3 is 12.3 Å². The van der Waals surface area contributed by atoms with E-state index in [0.29, 0.717) is 11.5 Å². The first-order chi connectivity index (χ1) is 9.69. The number of hydrogen-bond acceptors (Lipinski definition) is 4. The molecule has 4 nitrogen and oxygen atoms in total. The van der Waals surface area contributed by atoms with Crippen LogP contribution < -0.4 is 5.32 Å². The minimum absolute atomic E-state index is 0.173. The lowest BCUT2D eigenvalue weighted by atomic mass is 10.0. The Morgan fingerprint density at radius 2 is 1.86 bits per heavy atom. The Morgan fingerprint density at radius 3 is 2.33 bits per heavy atom. The van der Waals surface area contributed by atoms with Crippen LogP contribution in [0, 0.1) is 6.92 Å². The van der Waals surface area contributed by atoms with Crippen LogP contribution in [0.5, 0.6) is 0 Å². The van der Waals surface area contributed by atoms with Crippen LogP contribution in [0.25, 0.3) is 0 Å². The molecule has 0 unspecified atom stereocenters. The third kappa shape index (κ3) is 4.52. The second-order valence-electron chi connectivity index (χ2n) is 4.95. The van der Waals surface area contributed by atoms with Gasteiger partial charge in [0.05, 0.1) is 0 Å². The van der Waals surface area contributed by atoms with Crippen molar-refractivity contribution >= 4 is 5.82 Å². The lowest BCUT2D eigenvalue weighted by Gasteiger charge is -2.17. The quantitative estimate of drug-likeness (QED) is 0.785. The number of alkyl halides is 4. The minimum atomic E-state index is -4.17. The highest BCUT2D eigenvalue weighted by atomic mass is 19.3. The van der Waals surface area contributed by atoms with Crippen LogP contribution in [-0.4, -0.2) is 36.0 Å². The van der Waals surface area contributed by atoms with E-state index in [4.69, 9.17) is 0 Å². The molecular weight excluding hydrogens is 290 g/mol. The van der Waals surface area contributed by atoms with Gasteiger partial charge in [-0.1, -0.05) is 13.8 Å². The minimum Gasteiger partial charge on any atom is -0.373 e. The largest absolute Gasteiger partial charge is 0.373 e. The third-order valence-corrected chi connectivity index (χ3v) is 2.84. The van der Waals surface area contributed by atoms with Gasteiger partial charge in [-0.2, -0.15) is 8.78 Å². The molecule has 0 aliphatic rings. The molecular formula is C13H19F4N3O. The molecule has 8 heteroatoms. The first-order valence-corrected chi connectivity index (χ1v) is 6.48. The summed E-state index contributed by atoms with van der Waals surface area (Å²) >= 11 is 0. The van der Waals surface area contributed by atoms with Gasteiger partial charge in [-0.05, 0) is 12.8 Å². The van der Waals surface area contributed by atoms with E-state index < -0.39 is 19.0 Å². The summed E-state index contributed by atoms with van der Waals surface area (Å²) in [6, 6.07) is 0. The Kier molecular flexibility index (Phi) is 5.88. The van der Waals surface area contributed by atoms with Crippen LogP contribution >= 0.6 is 0 Å². The molecule has 0 atom stereocenters. The number of halogens is 4. The maximum atomic E-state index is 12.7. The second kappa shape index (κ2) is 7.02. The van der Waals surface area contributed by atoms with E-state index in [0.717, 1.165) is 5.56 Å². The van der Waals surface area contributed by atoms with E-state index >= 15 is 0 Å². The molecule has 1 rings (SSSR count). The molecule has 0 amide bonds. The Labute approximate surface area is 120 Å². The van der Waals surface area contributed by atoms with Crippen molar-refractivity contribution in [3.05, 3.63) is 17.1 Å². The summed E-state index contributed by atoms with van der Waals surface area (Å²) in [5, 5.41) is 2.91. The molecule has 0 saturated carbocycles. The fourth-order valence-electron chi connectivity index (χ4n) is 1.93. The van der Waals surface area contributed by atoms with Crippen molar-refractivity contribution in [3.8, 4) is 0 Å². The fourth-order valence-corrected chi connectivity index (χ4v) is 1.93. The summed E-state index contributed by atoms with van der Waals surface area (Å²) in [7, 11) is 1.68. The molecule has 21 heavy (non-hydrogen) atoms. The molecule has 1 N–H and O–H groups in total. The number of ether oxygens (including phenoxy) is 1. The van der Waals surface area contributed by atoms with E-state index in [1.165, 1.54) is 0 Å². The molecule has 0 aliphatic heterocycles. The van der Waals surface area contributed by atoms with Crippen molar-refractivity contribution in [1.82, 2.24) is 9.97 Å². The first-order valence-electron chi connectivity index (χ1n) is 6.48. The number of aryl methyl sites for hydroxylation is 1. The van der Waals surface area contributed by atoms with Gasteiger partial charge in [-0.25, -0.2) is 18.7 Å². The average molecular weight is 309 g/mol. The number of nitrogens with zero attached hydrogens (tertiary/aromatic N) is 2. The smallest absolute Gasteiger partial charge is 0.330 e. The molecule has 0 saturated heterocycles. The van der Waals surface area contributed by atoms with Gasteiger partial charge in [-0.15, -0.1) is 0 Å². The maximum absolute atomic E-state index is 12.7. The van der Waals surface area contributed by atoms with E-state index in [2.05, 4.69) is 20.0 Å². The Morgan fingerprint density at radius 1 is 1.24 bits per heavy atom. The standard InChI is InChI=1S/C13H19F4N3O/c1-7(2)10-8(3)19-9(20-11(10)18-4)5-21-6-13(16,17)12(14)15/h7,12H,5-6H2,1-4H3,(H,18,19,20). The summed E-state index contributed by atoms with van der Waals surface area (Å²) in [6.07, 6.45) is -3.75. The van der Waals surface area contributed by atoms with Crippen molar-refractivity contribution < 1.29 is 22.3 Å². The van der Waals surface area contributed by atoms with Crippen molar-refractivity contribution in [3.63, 3.8) is 0 Å². The summed E-state index contributed by atoms with van der Waals surface area (Å²) < 4.78 is 54.0. The Balaban J connectivity index is 2.80. The molecule has 0 radical (unpaired) electrons. The van der Waals surface area contributed by atoms with Crippen LogP contribution in [-0.2, 0) is 11.3 Å². The number of rotatable bonds is 7. The van der Waals surface area contributed by atoms with Gasteiger partial charge in [0.25, 0.3) is 0 Å². The van der Waals surface area contributed by atoms with Gasteiger partial charge in [0.2, 0.25) is 0 Å². The van der Waals surface area contributed by atoms with Crippen LogP contribution in [0.1, 0.15) is 36.8 Å². The summed E-state index contributed by atoms with van der Waals surface area (Å²) in [5.74, 6) is -3.23. The molecule has 0 aliphatic carbocycles. The zero-order valence-electron chi connectivity index (χ0n) is 12.4. The third-order valence-electron chi connectivity index (χ3n) is 2.84. The van der Waals surface area contributed by atoms with E-state index in [1.54, 1.807) is 14.0 Å². The normalized spacial score (nSPS) is 12.3. The highest BCUT2D eigenvalue weighted by molar-refractivity contribution is 5.47. The second-order valence-corrected chi connectivity index (χ2v) is 4.95. The molecule has 1 aromatic rings. The highest BCUT2D eigenvalue weighted by Crippen LogP contribution is 2.26. The van der Waals surface area contributed by atoms with Crippen LogP contribution in [0.15, 0.2) is 0 Å². The molecule has 0 bridgehead atoms. The molecule has 1 aromatic heterocycles. The van der Waals surface area contributed by atoms with Crippen LogP contribution in [0.4, 0.5) is 23.4 Å². The van der Waals surface area contributed by atoms with Crippen LogP contribution in [0.2, 0.25) is 0 Å². The van der Waals surface area contributed by atoms with E-state index in [-0.39, 0.29) is 18.3 Å². The Bertz CT molecular complexity index is 481. The van der Waals surface area contributed by atoms with Gasteiger partial charge in [0, 0.05) is 18.3 Å². The summed E-state index contributed by atoms with van der Waals surface area (Å²) in [5.41, 5.74) is 1.61. The lowest BCUT2D eigenvalue weighted by molar-refractivity contribution is -0.168. The molecule has 0 fully saturated rings. The Hall–Kier alpha value is -1.44. The fraction of sp³-hybridized carbons (Fsp3) is 0.692. The zero-order valence-corrected chi connectivity index (χ0v) is 12.4. The van der Waals surface area contributed by atoms with Gasteiger partial charge in [0.15, 0.2) is 5.82 Å². The van der Waals surface area contributed by atoms with Crippen molar-refractivity contribution in [2.45, 2.75) is 45.6 Å². The van der Waals surface area contributed by atoms with Crippen molar-refractivity contribution in [2.75, 3.05) is 19.0 Å². The number of nitrogens with one attached hydrogen (secondary N) is 1. The van der Waals surface area contributed by atoms with Crippen molar-refractivity contribution in [2.24, 2.45) is 0 Å². The molecule has 0 spiro atoms. The first kappa shape index (κ1) is 17.6. The topological polar surface area (TPSA) is 47.0 Å². The lowest BCUT2D eigenvalue weighted by Crippen LogP contribution is -2.32. The number of hydrogen-bond donors (Lipinski definition) is 1. The van der Waals surface area contributed by atoms with Gasteiger partial charge < -0.3 is 10.1 Å². The zero-order chi connectivity index (χ0) is 16.2. The number of aromatic nitrogens is 2. The van der Waals surface area contributed by atoms with Crippen LogP contribution in [0.3, 0.4) is 0 Å². The molecule has 120 valence electrons. The summed E-state index contributed by atoms with van der Waals surface area (Å²) in [4.78, 5) is 8.32. The monoisotopic (exact) mass is 309 g/mol. The van der Waals surface area contributed by atoms with Crippen molar-refractivity contribution in [1.29, 1.82) is 0 Å². The van der Waals surface area contributed by atoms with Gasteiger partial charge in [0.1, 0.15) is 19.0 Å². The molecule has 0 aromatic carbocycles. The van der Waals surface area contributed by atoms with E-state index in [1.807, 2.05) is 13.8 Å². The van der Waals surface area contributed by atoms with Gasteiger partial charge in [-0.3, -0.25) is 0 Å². The predicted molar refractivity (Wildman–Crippen MR) is 71.0 cm³/mol. The number of anilines is 1. The molecule has 1 heterocycles. The highest BCUT2D eigenvalue weighted by Gasteiger charge is 2.41. The maximum Gasteiger partial charge on any atom is 0.330 e. The summed E-state index contributed by atoms with van der Waals surface area (Å²) in [6.45, 7) is 4.01.